The lowest BCUT2D eigenvalue weighted by molar-refractivity contribution is -0.128. The summed E-state index contributed by atoms with van der Waals surface area (Å²) >= 11 is 0. The SMILES string of the molecule is CCCCNc1ccc(CC(=O)N2C=C3C(=C(OC)CCC3N3CCN(C)CC3)CC2)cc1. The number of likely N-dealkylation sites (N-methyl/N-ethyl adjacent to an activating group) is 1. The number of carbonyl (C=O) groups is 1. The van der Waals surface area contributed by atoms with Gasteiger partial charge in [-0.25, -0.2) is 0 Å². The third kappa shape index (κ3) is 5.79. The lowest BCUT2D eigenvalue weighted by Crippen LogP contribution is -2.51. The molecule has 6 heteroatoms. The molecule has 2 heterocycles. The number of nitrogens with zero attached hydrogens (tertiary/aromatic N) is 3. The van der Waals surface area contributed by atoms with Gasteiger partial charge in [-0.05, 0) is 55.2 Å². The maximum absolute atomic E-state index is 13.2. The van der Waals surface area contributed by atoms with Gasteiger partial charge in [0, 0.05) is 63.6 Å². The zero-order chi connectivity index (χ0) is 23.2. The number of anilines is 1. The number of ether oxygens (including phenoxy) is 1. The minimum Gasteiger partial charge on any atom is -0.501 e. The first-order valence-corrected chi connectivity index (χ1v) is 12.6. The number of allylic oxidation sites excluding steroid dienone is 1. The van der Waals surface area contributed by atoms with E-state index in [1.54, 1.807) is 7.11 Å². The van der Waals surface area contributed by atoms with Crippen molar-refractivity contribution in [2.24, 2.45) is 0 Å². The fourth-order valence-electron chi connectivity index (χ4n) is 5.21. The van der Waals surface area contributed by atoms with Crippen LogP contribution in [0.1, 0.15) is 44.6 Å². The molecule has 2 aliphatic heterocycles. The van der Waals surface area contributed by atoms with Crippen LogP contribution >= 0.6 is 0 Å². The first kappa shape index (κ1) is 23.8. The van der Waals surface area contributed by atoms with E-state index in [1.807, 2.05) is 4.90 Å². The molecule has 0 bridgehead atoms. The first-order valence-electron chi connectivity index (χ1n) is 12.6. The highest BCUT2D eigenvalue weighted by molar-refractivity contribution is 5.80. The molecule has 1 unspecified atom stereocenters. The molecule has 1 aromatic rings. The quantitative estimate of drug-likeness (QED) is 0.607. The Labute approximate surface area is 199 Å². The van der Waals surface area contributed by atoms with Gasteiger partial charge in [-0.2, -0.15) is 0 Å². The van der Waals surface area contributed by atoms with E-state index in [0.717, 1.165) is 75.5 Å². The molecule has 1 aliphatic carbocycles. The van der Waals surface area contributed by atoms with Gasteiger partial charge >= 0.3 is 0 Å². The molecule has 0 saturated carbocycles. The fourth-order valence-corrected chi connectivity index (χ4v) is 5.21. The molecule has 1 aromatic carbocycles. The van der Waals surface area contributed by atoms with Crippen LogP contribution in [0.2, 0.25) is 0 Å². The molecule has 0 radical (unpaired) electrons. The number of unbranched alkanes of at least 4 members (excludes halogenated alkanes) is 1. The molecule has 4 rings (SSSR count). The Hall–Kier alpha value is -2.31. The summed E-state index contributed by atoms with van der Waals surface area (Å²) in [6.07, 6.45) is 7.87. The van der Waals surface area contributed by atoms with Crippen molar-refractivity contribution in [3.8, 4) is 0 Å². The number of amides is 1. The van der Waals surface area contributed by atoms with Crippen LogP contribution < -0.4 is 5.32 Å². The largest absolute Gasteiger partial charge is 0.501 e. The topological polar surface area (TPSA) is 48.1 Å². The minimum atomic E-state index is 0.176. The van der Waals surface area contributed by atoms with Crippen LogP contribution in [0.15, 0.2) is 47.4 Å². The molecule has 0 spiro atoms. The van der Waals surface area contributed by atoms with Crippen molar-refractivity contribution in [2.45, 2.75) is 51.5 Å². The molecule has 1 atom stereocenters. The van der Waals surface area contributed by atoms with E-state index in [-0.39, 0.29) is 5.91 Å². The molecular formula is C27H40N4O2. The summed E-state index contributed by atoms with van der Waals surface area (Å²) in [6, 6.07) is 8.71. The van der Waals surface area contributed by atoms with Crippen LogP contribution in [0.3, 0.4) is 0 Å². The third-order valence-electron chi connectivity index (χ3n) is 7.30. The predicted octanol–water partition coefficient (Wildman–Crippen LogP) is 3.87. The number of carbonyl (C=O) groups excluding carboxylic acids is 1. The van der Waals surface area contributed by atoms with Crippen LogP contribution in [0, 0.1) is 0 Å². The Kier molecular flexibility index (Phi) is 8.10. The van der Waals surface area contributed by atoms with Crippen molar-refractivity contribution < 1.29 is 9.53 Å². The Morgan fingerprint density at radius 1 is 1.09 bits per heavy atom. The maximum atomic E-state index is 13.2. The zero-order valence-electron chi connectivity index (χ0n) is 20.6. The van der Waals surface area contributed by atoms with Crippen LogP contribution in [0.4, 0.5) is 5.69 Å². The Morgan fingerprint density at radius 3 is 2.55 bits per heavy atom. The Bertz CT molecular complexity index is 869. The number of methoxy groups -OCH3 is 1. The van der Waals surface area contributed by atoms with E-state index in [4.69, 9.17) is 4.74 Å². The number of piperazine rings is 1. The number of fused-ring (bicyclic) bond motifs is 1. The van der Waals surface area contributed by atoms with Crippen molar-refractivity contribution in [3.05, 3.63) is 52.9 Å². The van der Waals surface area contributed by atoms with Crippen molar-refractivity contribution in [3.63, 3.8) is 0 Å². The van der Waals surface area contributed by atoms with Gasteiger partial charge in [-0.15, -0.1) is 0 Å². The second kappa shape index (κ2) is 11.2. The zero-order valence-corrected chi connectivity index (χ0v) is 20.6. The van der Waals surface area contributed by atoms with Gasteiger partial charge in [0.15, 0.2) is 0 Å². The number of benzene rings is 1. The Balaban J connectivity index is 1.45. The number of hydrogen-bond acceptors (Lipinski definition) is 5. The minimum absolute atomic E-state index is 0.176. The van der Waals surface area contributed by atoms with E-state index in [1.165, 1.54) is 24.0 Å². The number of rotatable bonds is 8. The highest BCUT2D eigenvalue weighted by Gasteiger charge is 2.35. The highest BCUT2D eigenvalue weighted by atomic mass is 16.5. The predicted molar refractivity (Wildman–Crippen MR) is 134 cm³/mol. The van der Waals surface area contributed by atoms with Gasteiger partial charge in [0.05, 0.1) is 19.3 Å². The molecule has 6 nitrogen and oxygen atoms in total. The maximum Gasteiger partial charge on any atom is 0.230 e. The number of hydrogen-bond donors (Lipinski definition) is 1. The van der Waals surface area contributed by atoms with Gasteiger partial charge in [-0.1, -0.05) is 25.5 Å². The Morgan fingerprint density at radius 2 is 1.85 bits per heavy atom. The van der Waals surface area contributed by atoms with Gasteiger partial charge in [0.25, 0.3) is 0 Å². The smallest absolute Gasteiger partial charge is 0.230 e. The van der Waals surface area contributed by atoms with Crippen molar-refractivity contribution in [2.75, 3.05) is 58.7 Å². The summed E-state index contributed by atoms with van der Waals surface area (Å²) < 4.78 is 5.75. The van der Waals surface area contributed by atoms with Crippen molar-refractivity contribution >= 4 is 11.6 Å². The molecule has 1 amide bonds. The number of nitrogens with one attached hydrogen (secondary N) is 1. The van der Waals surface area contributed by atoms with Crippen molar-refractivity contribution in [1.82, 2.24) is 14.7 Å². The van der Waals surface area contributed by atoms with Crippen LogP contribution in [0.5, 0.6) is 0 Å². The van der Waals surface area contributed by atoms with E-state index in [2.05, 4.69) is 59.6 Å². The van der Waals surface area contributed by atoms with E-state index < -0.39 is 0 Å². The van der Waals surface area contributed by atoms with Crippen LogP contribution in [-0.2, 0) is 16.0 Å². The molecule has 1 N–H and O–H groups in total. The molecule has 180 valence electrons. The van der Waals surface area contributed by atoms with E-state index in [0.29, 0.717) is 12.5 Å². The second-order valence-electron chi connectivity index (χ2n) is 9.58. The van der Waals surface area contributed by atoms with Gasteiger partial charge in [0.1, 0.15) is 0 Å². The average Bonchev–Trinajstić information content (AvgIpc) is 2.85. The van der Waals surface area contributed by atoms with Gasteiger partial charge in [-0.3, -0.25) is 9.69 Å². The molecule has 33 heavy (non-hydrogen) atoms. The third-order valence-corrected chi connectivity index (χ3v) is 7.30. The van der Waals surface area contributed by atoms with Gasteiger partial charge in [0.2, 0.25) is 5.91 Å². The average molecular weight is 453 g/mol. The molecule has 1 saturated heterocycles. The molecule has 3 aliphatic rings. The standard InChI is InChI=1S/C27H40N4O2/c1-4-5-13-28-22-8-6-21(7-9-22)19-27(32)31-14-12-23-24(20-31)25(10-11-26(23)33-3)30-17-15-29(2)16-18-30/h6-9,20,25,28H,4-5,10-19H2,1-3H3. The summed E-state index contributed by atoms with van der Waals surface area (Å²) in [6.45, 7) is 8.29. The monoisotopic (exact) mass is 452 g/mol. The molecule has 0 aromatic heterocycles. The summed E-state index contributed by atoms with van der Waals surface area (Å²) in [5, 5.41) is 3.44. The summed E-state index contributed by atoms with van der Waals surface area (Å²) in [7, 11) is 3.98. The van der Waals surface area contributed by atoms with Crippen LogP contribution in [-0.4, -0.2) is 80.1 Å². The summed E-state index contributed by atoms with van der Waals surface area (Å²) in [4.78, 5) is 20.2. The second-order valence-corrected chi connectivity index (χ2v) is 9.58. The fraction of sp³-hybridized carbons (Fsp3) is 0.593. The summed E-state index contributed by atoms with van der Waals surface area (Å²) in [5.74, 6) is 1.29. The summed E-state index contributed by atoms with van der Waals surface area (Å²) in [5.41, 5.74) is 4.83. The van der Waals surface area contributed by atoms with E-state index in [9.17, 15) is 4.79 Å². The van der Waals surface area contributed by atoms with Crippen LogP contribution in [0.25, 0.3) is 0 Å². The van der Waals surface area contributed by atoms with Crippen molar-refractivity contribution in [1.29, 1.82) is 0 Å². The molecule has 1 fully saturated rings. The normalized spacial score (nSPS) is 22.1. The van der Waals surface area contributed by atoms with Gasteiger partial charge < -0.3 is 19.9 Å². The van der Waals surface area contributed by atoms with E-state index >= 15 is 0 Å². The lowest BCUT2D eigenvalue weighted by Gasteiger charge is -2.43. The lowest BCUT2D eigenvalue weighted by atomic mass is 9.83. The first-order chi connectivity index (χ1) is 16.1. The molecular weight excluding hydrogens is 412 g/mol. The highest BCUT2D eigenvalue weighted by Crippen LogP contribution is 2.38.